The Balaban J connectivity index is 1.49. The molecule has 1 aliphatic carbocycles. The maximum atomic E-state index is 12.8. The molecule has 0 aromatic rings. The molecule has 2 amide bonds. The molecule has 7 heteroatoms. The lowest BCUT2D eigenvalue weighted by molar-refractivity contribution is -0.141. The predicted octanol–water partition coefficient (Wildman–Crippen LogP) is 1.84. The van der Waals surface area contributed by atoms with Crippen LogP contribution in [0.1, 0.15) is 57.8 Å². The number of amides is 2. The summed E-state index contributed by atoms with van der Waals surface area (Å²) in [6, 6.07) is -0.177. The highest BCUT2D eigenvalue weighted by Gasteiger charge is 2.37. The molecule has 1 atom stereocenters. The van der Waals surface area contributed by atoms with Crippen molar-refractivity contribution in [2.75, 3.05) is 31.6 Å². The van der Waals surface area contributed by atoms with Crippen molar-refractivity contribution in [3.05, 3.63) is 0 Å². The number of nitrogens with zero attached hydrogens (tertiary/aromatic N) is 2. The van der Waals surface area contributed by atoms with Crippen molar-refractivity contribution >= 4 is 21.7 Å². The molecule has 2 saturated heterocycles. The summed E-state index contributed by atoms with van der Waals surface area (Å²) < 4.78 is 23.3. The Morgan fingerprint density at radius 1 is 0.885 bits per heavy atom. The highest BCUT2D eigenvalue weighted by atomic mass is 32.2. The van der Waals surface area contributed by atoms with Crippen LogP contribution in [0.25, 0.3) is 0 Å². The Kier molecular flexibility index (Phi) is 6.25. The normalized spacial score (nSPS) is 32.0. The first kappa shape index (κ1) is 19.6. The molecule has 3 rings (SSSR count). The number of sulfone groups is 1. The molecular formula is C19H32N2O4S. The summed E-state index contributed by atoms with van der Waals surface area (Å²) in [7, 11) is -1.25. The number of hydrogen-bond acceptors (Lipinski definition) is 4. The van der Waals surface area contributed by atoms with Gasteiger partial charge in [-0.1, -0.05) is 12.8 Å². The van der Waals surface area contributed by atoms with Gasteiger partial charge in [-0.2, -0.15) is 0 Å². The zero-order chi connectivity index (χ0) is 18.7. The zero-order valence-electron chi connectivity index (χ0n) is 15.9. The minimum Gasteiger partial charge on any atom is -0.342 e. The van der Waals surface area contributed by atoms with Crippen LogP contribution in [0, 0.1) is 11.8 Å². The molecule has 0 spiro atoms. The number of carbonyl (C=O) groups excluding carboxylic acids is 2. The van der Waals surface area contributed by atoms with Gasteiger partial charge in [0.05, 0.1) is 11.5 Å². The first-order valence-electron chi connectivity index (χ1n) is 10.1. The molecule has 26 heavy (non-hydrogen) atoms. The second-order valence-electron chi connectivity index (χ2n) is 8.29. The van der Waals surface area contributed by atoms with E-state index in [0.29, 0.717) is 6.42 Å². The van der Waals surface area contributed by atoms with Crippen molar-refractivity contribution in [2.24, 2.45) is 11.8 Å². The van der Waals surface area contributed by atoms with Crippen LogP contribution in [0.3, 0.4) is 0 Å². The fourth-order valence-electron chi connectivity index (χ4n) is 4.69. The Hall–Kier alpha value is -1.11. The molecule has 1 saturated carbocycles. The van der Waals surface area contributed by atoms with Gasteiger partial charge < -0.3 is 9.80 Å². The standard InChI is InChI=1S/C19H32N2O4S/c1-20(17-10-13-26(24,25)14-17)18(22)15-6-8-16(9-7-15)19(23)21-11-4-2-3-5-12-21/h15-17H,2-14H2,1H3. The third-order valence-corrected chi connectivity index (χ3v) is 8.20. The molecule has 0 N–H and O–H groups in total. The molecule has 3 fully saturated rings. The molecule has 3 aliphatic rings. The number of likely N-dealkylation sites (tertiary alicyclic amines) is 1. The van der Waals surface area contributed by atoms with Crippen LogP contribution in [0.5, 0.6) is 0 Å². The van der Waals surface area contributed by atoms with Gasteiger partial charge in [0.15, 0.2) is 9.84 Å². The van der Waals surface area contributed by atoms with Crippen LogP contribution in [0.2, 0.25) is 0 Å². The van der Waals surface area contributed by atoms with Crippen molar-refractivity contribution in [3.8, 4) is 0 Å². The van der Waals surface area contributed by atoms with Crippen LogP contribution in [-0.4, -0.2) is 67.7 Å². The summed E-state index contributed by atoms with van der Waals surface area (Å²) in [5.41, 5.74) is 0. The minimum atomic E-state index is -2.98. The second kappa shape index (κ2) is 8.28. The lowest BCUT2D eigenvalue weighted by atomic mass is 9.80. The van der Waals surface area contributed by atoms with Gasteiger partial charge in [0.1, 0.15) is 0 Å². The van der Waals surface area contributed by atoms with Crippen molar-refractivity contribution in [1.82, 2.24) is 9.80 Å². The van der Waals surface area contributed by atoms with Crippen LogP contribution >= 0.6 is 0 Å². The van der Waals surface area contributed by atoms with E-state index in [1.807, 2.05) is 4.90 Å². The summed E-state index contributed by atoms with van der Waals surface area (Å²) >= 11 is 0. The van der Waals surface area contributed by atoms with Crippen molar-refractivity contribution < 1.29 is 18.0 Å². The van der Waals surface area contributed by atoms with Crippen LogP contribution < -0.4 is 0 Å². The first-order valence-corrected chi connectivity index (χ1v) is 12.0. The number of hydrogen-bond donors (Lipinski definition) is 0. The Morgan fingerprint density at radius 2 is 1.46 bits per heavy atom. The molecule has 0 aromatic carbocycles. The van der Waals surface area contributed by atoms with E-state index in [0.717, 1.165) is 51.6 Å². The van der Waals surface area contributed by atoms with E-state index < -0.39 is 9.84 Å². The second-order valence-corrected chi connectivity index (χ2v) is 10.5. The topological polar surface area (TPSA) is 74.8 Å². The smallest absolute Gasteiger partial charge is 0.225 e. The van der Waals surface area contributed by atoms with Gasteiger partial charge in [0, 0.05) is 38.0 Å². The quantitative estimate of drug-likeness (QED) is 0.744. The molecule has 2 aliphatic heterocycles. The average Bonchev–Trinajstić information content (AvgIpc) is 2.84. The summed E-state index contributed by atoms with van der Waals surface area (Å²) in [5, 5.41) is 0. The number of rotatable bonds is 3. The highest BCUT2D eigenvalue weighted by Crippen LogP contribution is 2.32. The van der Waals surface area contributed by atoms with Gasteiger partial charge in [0.25, 0.3) is 0 Å². The largest absolute Gasteiger partial charge is 0.342 e. The number of carbonyl (C=O) groups is 2. The summed E-state index contributed by atoms with van der Waals surface area (Å²) in [6.07, 6.45) is 8.24. The third-order valence-electron chi connectivity index (χ3n) is 6.45. The van der Waals surface area contributed by atoms with E-state index in [9.17, 15) is 18.0 Å². The van der Waals surface area contributed by atoms with E-state index in [1.54, 1.807) is 11.9 Å². The van der Waals surface area contributed by atoms with Gasteiger partial charge in [-0.05, 0) is 44.9 Å². The Morgan fingerprint density at radius 3 is 2.00 bits per heavy atom. The maximum Gasteiger partial charge on any atom is 0.225 e. The zero-order valence-corrected chi connectivity index (χ0v) is 16.7. The van der Waals surface area contributed by atoms with Crippen LogP contribution in [-0.2, 0) is 19.4 Å². The van der Waals surface area contributed by atoms with Crippen LogP contribution in [0.4, 0.5) is 0 Å². The fourth-order valence-corrected chi connectivity index (χ4v) is 6.46. The van der Waals surface area contributed by atoms with Gasteiger partial charge in [-0.3, -0.25) is 9.59 Å². The average molecular weight is 385 g/mol. The summed E-state index contributed by atoms with van der Waals surface area (Å²) in [6.45, 7) is 1.77. The lowest BCUT2D eigenvalue weighted by Crippen LogP contribution is -2.44. The SMILES string of the molecule is CN(C(=O)C1CCC(C(=O)N2CCCCCC2)CC1)C1CCS(=O)(=O)C1. The summed E-state index contributed by atoms with van der Waals surface area (Å²) in [5.74, 6) is 0.635. The van der Waals surface area contributed by atoms with Gasteiger partial charge in [0.2, 0.25) is 11.8 Å². The van der Waals surface area contributed by atoms with Gasteiger partial charge >= 0.3 is 0 Å². The van der Waals surface area contributed by atoms with E-state index in [1.165, 1.54) is 12.8 Å². The lowest BCUT2D eigenvalue weighted by Gasteiger charge is -2.34. The maximum absolute atomic E-state index is 12.8. The van der Waals surface area contributed by atoms with E-state index in [2.05, 4.69) is 0 Å². The molecule has 2 heterocycles. The fraction of sp³-hybridized carbons (Fsp3) is 0.895. The molecule has 0 radical (unpaired) electrons. The van der Waals surface area contributed by atoms with Crippen molar-refractivity contribution in [3.63, 3.8) is 0 Å². The minimum absolute atomic E-state index is 0.0588. The monoisotopic (exact) mass is 384 g/mol. The first-order chi connectivity index (χ1) is 12.4. The highest BCUT2D eigenvalue weighted by molar-refractivity contribution is 7.91. The Labute approximate surface area is 157 Å². The van der Waals surface area contributed by atoms with E-state index >= 15 is 0 Å². The Bertz CT molecular complexity index is 617. The van der Waals surface area contributed by atoms with Gasteiger partial charge in [-0.15, -0.1) is 0 Å². The molecule has 1 unspecified atom stereocenters. The van der Waals surface area contributed by atoms with E-state index in [4.69, 9.17) is 0 Å². The third kappa shape index (κ3) is 4.59. The molecule has 6 nitrogen and oxygen atoms in total. The molecule has 148 valence electrons. The van der Waals surface area contributed by atoms with Crippen LogP contribution in [0.15, 0.2) is 0 Å². The predicted molar refractivity (Wildman–Crippen MR) is 100 cm³/mol. The van der Waals surface area contributed by atoms with Gasteiger partial charge in [-0.25, -0.2) is 8.42 Å². The molecule has 0 bridgehead atoms. The summed E-state index contributed by atoms with van der Waals surface area (Å²) in [4.78, 5) is 29.2. The molecular weight excluding hydrogens is 352 g/mol. The van der Waals surface area contributed by atoms with Crippen molar-refractivity contribution in [1.29, 1.82) is 0 Å². The van der Waals surface area contributed by atoms with E-state index in [-0.39, 0.29) is 41.2 Å². The molecule has 0 aromatic heterocycles. The van der Waals surface area contributed by atoms with Crippen molar-refractivity contribution in [2.45, 2.75) is 63.8 Å².